The van der Waals surface area contributed by atoms with Crippen molar-refractivity contribution in [2.75, 3.05) is 18.6 Å². The van der Waals surface area contributed by atoms with Crippen LogP contribution in [0.25, 0.3) is 0 Å². The lowest BCUT2D eigenvalue weighted by molar-refractivity contribution is 0.414. The molecule has 108 valence electrons. The maximum Gasteiger partial charge on any atom is 0.196 e. The fourth-order valence-corrected chi connectivity index (χ4v) is 2.68. The average Bonchev–Trinajstić information content (AvgIpc) is 2.85. The Bertz CT molecular complexity index is 654. The number of hydrogen-bond donors (Lipinski definition) is 1. The van der Waals surface area contributed by atoms with Gasteiger partial charge in [0.15, 0.2) is 5.96 Å². The van der Waals surface area contributed by atoms with Gasteiger partial charge in [0.1, 0.15) is 5.75 Å². The molecule has 0 fully saturated rings. The van der Waals surface area contributed by atoms with E-state index in [0.29, 0.717) is 12.5 Å². The van der Waals surface area contributed by atoms with Crippen LogP contribution in [0.2, 0.25) is 0 Å². The van der Waals surface area contributed by atoms with Crippen LogP contribution in [0.5, 0.6) is 5.75 Å². The van der Waals surface area contributed by atoms with Gasteiger partial charge in [0.05, 0.1) is 19.2 Å². The number of nitrogens with zero attached hydrogens (tertiary/aromatic N) is 3. The molecule has 3 rings (SSSR count). The molecule has 1 aromatic carbocycles. The van der Waals surface area contributed by atoms with Crippen LogP contribution in [0, 0.1) is 0 Å². The molecule has 0 amide bonds. The second kappa shape index (κ2) is 5.09. The Labute approximate surface area is 124 Å². The number of hydrogen-bond acceptors (Lipinski definition) is 5. The topological polar surface area (TPSA) is 63.7 Å². The SMILES string of the molecule is COc1ccc(N2C(N)=NCC2(C)c2cccnc2)cc1. The van der Waals surface area contributed by atoms with Gasteiger partial charge in [-0.1, -0.05) is 6.07 Å². The summed E-state index contributed by atoms with van der Waals surface area (Å²) >= 11 is 0. The summed E-state index contributed by atoms with van der Waals surface area (Å²) in [4.78, 5) is 10.7. The average molecular weight is 282 g/mol. The summed E-state index contributed by atoms with van der Waals surface area (Å²) in [6.07, 6.45) is 3.63. The van der Waals surface area contributed by atoms with E-state index in [1.54, 1.807) is 13.3 Å². The van der Waals surface area contributed by atoms with Crippen LogP contribution in [-0.2, 0) is 5.54 Å². The zero-order chi connectivity index (χ0) is 14.9. The molecule has 0 saturated carbocycles. The minimum absolute atomic E-state index is 0.326. The third kappa shape index (κ3) is 2.20. The highest BCUT2D eigenvalue weighted by Gasteiger charge is 2.40. The molecule has 5 nitrogen and oxygen atoms in total. The Balaban J connectivity index is 2.02. The van der Waals surface area contributed by atoms with Gasteiger partial charge in [-0.2, -0.15) is 0 Å². The molecule has 1 unspecified atom stereocenters. The van der Waals surface area contributed by atoms with Gasteiger partial charge in [0.2, 0.25) is 0 Å². The van der Waals surface area contributed by atoms with E-state index in [0.717, 1.165) is 17.0 Å². The van der Waals surface area contributed by atoms with E-state index in [-0.39, 0.29) is 5.54 Å². The molecule has 5 heteroatoms. The molecule has 0 radical (unpaired) electrons. The van der Waals surface area contributed by atoms with E-state index in [9.17, 15) is 0 Å². The molecular formula is C16H18N4O. The monoisotopic (exact) mass is 282 g/mol. The molecule has 1 aliphatic rings. The lowest BCUT2D eigenvalue weighted by Crippen LogP contribution is -2.47. The summed E-state index contributed by atoms with van der Waals surface area (Å²) in [5.74, 6) is 1.34. The number of anilines is 1. The molecular weight excluding hydrogens is 264 g/mol. The predicted octanol–water partition coefficient (Wildman–Crippen LogP) is 2.14. The van der Waals surface area contributed by atoms with E-state index >= 15 is 0 Å². The van der Waals surface area contributed by atoms with Crippen LogP contribution in [0.15, 0.2) is 53.8 Å². The first-order valence-electron chi connectivity index (χ1n) is 6.80. The maximum absolute atomic E-state index is 6.12. The molecule has 0 spiro atoms. The van der Waals surface area contributed by atoms with Crippen molar-refractivity contribution in [1.29, 1.82) is 0 Å². The van der Waals surface area contributed by atoms with Crippen molar-refractivity contribution in [2.24, 2.45) is 10.7 Å². The largest absolute Gasteiger partial charge is 0.497 e. The number of pyridine rings is 1. The van der Waals surface area contributed by atoms with Crippen molar-refractivity contribution >= 4 is 11.6 Å². The van der Waals surface area contributed by atoms with Crippen molar-refractivity contribution in [3.8, 4) is 5.75 Å². The summed E-state index contributed by atoms with van der Waals surface area (Å²) < 4.78 is 5.21. The number of methoxy groups -OCH3 is 1. The number of aromatic nitrogens is 1. The molecule has 0 aliphatic carbocycles. The van der Waals surface area contributed by atoms with Crippen LogP contribution in [-0.4, -0.2) is 24.6 Å². The van der Waals surface area contributed by atoms with Gasteiger partial charge >= 0.3 is 0 Å². The summed E-state index contributed by atoms with van der Waals surface area (Å²) in [5.41, 5.74) is 7.87. The smallest absolute Gasteiger partial charge is 0.196 e. The normalized spacial score (nSPS) is 21.2. The summed E-state index contributed by atoms with van der Waals surface area (Å²) in [7, 11) is 1.65. The quantitative estimate of drug-likeness (QED) is 0.936. The zero-order valence-electron chi connectivity index (χ0n) is 12.2. The van der Waals surface area contributed by atoms with E-state index in [4.69, 9.17) is 10.5 Å². The number of benzene rings is 1. The summed E-state index contributed by atoms with van der Waals surface area (Å²) in [5, 5.41) is 0. The first-order chi connectivity index (χ1) is 10.1. The number of nitrogens with two attached hydrogens (primary N) is 1. The second-order valence-electron chi connectivity index (χ2n) is 5.22. The molecule has 21 heavy (non-hydrogen) atoms. The van der Waals surface area contributed by atoms with Gasteiger partial charge in [-0.25, -0.2) is 0 Å². The fourth-order valence-electron chi connectivity index (χ4n) is 2.68. The van der Waals surface area contributed by atoms with Crippen LogP contribution in [0.3, 0.4) is 0 Å². The van der Waals surface area contributed by atoms with Gasteiger partial charge in [-0.3, -0.25) is 9.98 Å². The van der Waals surface area contributed by atoms with E-state index in [1.807, 2.05) is 41.4 Å². The van der Waals surface area contributed by atoms with Crippen LogP contribution in [0.4, 0.5) is 5.69 Å². The van der Waals surface area contributed by atoms with E-state index in [2.05, 4.69) is 23.0 Å². The lowest BCUT2D eigenvalue weighted by Gasteiger charge is -2.36. The minimum Gasteiger partial charge on any atom is -0.497 e. The summed E-state index contributed by atoms with van der Waals surface area (Å²) in [6, 6.07) is 11.8. The first kappa shape index (κ1) is 13.4. The Morgan fingerprint density at radius 1 is 1.24 bits per heavy atom. The zero-order valence-corrected chi connectivity index (χ0v) is 12.2. The molecule has 2 heterocycles. The third-order valence-corrected chi connectivity index (χ3v) is 3.89. The van der Waals surface area contributed by atoms with Crippen molar-refractivity contribution in [1.82, 2.24) is 4.98 Å². The van der Waals surface area contributed by atoms with Gasteiger partial charge in [-0.05, 0) is 42.8 Å². The van der Waals surface area contributed by atoms with Crippen molar-refractivity contribution < 1.29 is 4.74 Å². The molecule has 1 aromatic heterocycles. The highest BCUT2D eigenvalue weighted by Crippen LogP contribution is 2.36. The Kier molecular flexibility index (Phi) is 3.25. The number of ether oxygens (including phenoxy) is 1. The number of rotatable bonds is 3. The van der Waals surface area contributed by atoms with Crippen molar-refractivity contribution in [3.05, 3.63) is 54.4 Å². The van der Waals surface area contributed by atoms with Crippen molar-refractivity contribution in [2.45, 2.75) is 12.5 Å². The molecule has 1 aliphatic heterocycles. The standard InChI is InChI=1S/C16H18N4O/c1-16(12-4-3-9-18-10-12)11-19-15(17)20(16)13-5-7-14(21-2)8-6-13/h3-10H,11H2,1-2H3,(H2,17,19). The molecule has 1 atom stereocenters. The molecule has 2 aromatic rings. The second-order valence-corrected chi connectivity index (χ2v) is 5.22. The molecule has 2 N–H and O–H groups in total. The van der Waals surface area contributed by atoms with Crippen LogP contribution in [0.1, 0.15) is 12.5 Å². The van der Waals surface area contributed by atoms with Crippen LogP contribution < -0.4 is 15.4 Å². The summed E-state index contributed by atoms with van der Waals surface area (Å²) in [6.45, 7) is 2.73. The van der Waals surface area contributed by atoms with Gasteiger partial charge in [0, 0.05) is 18.1 Å². The highest BCUT2D eigenvalue weighted by molar-refractivity contribution is 5.98. The molecule has 0 saturated heterocycles. The predicted molar refractivity (Wildman–Crippen MR) is 83.6 cm³/mol. The Morgan fingerprint density at radius 3 is 2.62 bits per heavy atom. The maximum atomic E-state index is 6.12. The van der Waals surface area contributed by atoms with Crippen molar-refractivity contribution in [3.63, 3.8) is 0 Å². The van der Waals surface area contributed by atoms with Gasteiger partial charge in [0.25, 0.3) is 0 Å². The third-order valence-electron chi connectivity index (χ3n) is 3.89. The van der Waals surface area contributed by atoms with E-state index < -0.39 is 0 Å². The minimum atomic E-state index is -0.326. The lowest BCUT2D eigenvalue weighted by atomic mass is 9.92. The van der Waals surface area contributed by atoms with Gasteiger partial charge in [-0.15, -0.1) is 0 Å². The Morgan fingerprint density at radius 2 is 2.00 bits per heavy atom. The number of guanidine groups is 1. The van der Waals surface area contributed by atoms with Crippen LogP contribution >= 0.6 is 0 Å². The first-order valence-corrected chi connectivity index (χ1v) is 6.80. The highest BCUT2D eigenvalue weighted by atomic mass is 16.5. The Hall–Kier alpha value is -2.56. The fraction of sp³-hybridized carbons (Fsp3) is 0.250. The van der Waals surface area contributed by atoms with E-state index in [1.165, 1.54) is 0 Å². The number of aliphatic imine (C=N–C) groups is 1. The molecule has 0 bridgehead atoms. The van der Waals surface area contributed by atoms with Gasteiger partial charge < -0.3 is 15.4 Å².